The second-order valence-electron chi connectivity index (χ2n) is 4.98. The average Bonchev–Trinajstić information content (AvgIpc) is 2.33. The van der Waals surface area contributed by atoms with Gasteiger partial charge in [-0.1, -0.05) is 29.3 Å². The van der Waals surface area contributed by atoms with Crippen molar-refractivity contribution in [3.8, 4) is 0 Å². The van der Waals surface area contributed by atoms with Crippen molar-refractivity contribution in [2.75, 3.05) is 16.8 Å². The molecule has 1 atom stereocenters. The Morgan fingerprint density at radius 2 is 2.10 bits per heavy atom. The van der Waals surface area contributed by atoms with Crippen LogP contribution in [0.1, 0.15) is 19.3 Å². The Balaban J connectivity index is 1.97. The predicted octanol–water partition coefficient (Wildman–Crippen LogP) is 3.15. The molecule has 1 N–H and O–H groups in total. The lowest BCUT2D eigenvalue weighted by molar-refractivity contribution is -0.117. The van der Waals surface area contributed by atoms with Crippen LogP contribution >= 0.6 is 23.2 Å². The van der Waals surface area contributed by atoms with Crippen molar-refractivity contribution >= 4 is 44.6 Å². The zero-order valence-corrected chi connectivity index (χ0v) is 13.1. The van der Waals surface area contributed by atoms with E-state index < -0.39 is 9.84 Å². The summed E-state index contributed by atoms with van der Waals surface area (Å²) in [6.45, 7) is 0. The molecule has 1 fully saturated rings. The third kappa shape index (κ3) is 4.11. The van der Waals surface area contributed by atoms with Crippen molar-refractivity contribution < 1.29 is 13.2 Å². The zero-order valence-electron chi connectivity index (χ0n) is 10.7. The molecule has 2 rings (SSSR count). The van der Waals surface area contributed by atoms with Gasteiger partial charge < -0.3 is 5.32 Å². The van der Waals surface area contributed by atoms with E-state index in [1.165, 1.54) is 0 Å². The molecule has 0 aliphatic carbocycles. The Hall–Kier alpha value is -0.780. The van der Waals surface area contributed by atoms with E-state index in [9.17, 15) is 13.2 Å². The maximum atomic E-state index is 11.9. The first-order chi connectivity index (χ1) is 9.37. The molecule has 1 saturated heterocycles. The maximum Gasteiger partial charge on any atom is 0.224 e. The van der Waals surface area contributed by atoms with Crippen LogP contribution in [-0.4, -0.2) is 25.8 Å². The van der Waals surface area contributed by atoms with Crippen LogP contribution in [0.5, 0.6) is 0 Å². The van der Waals surface area contributed by atoms with Crippen LogP contribution in [0.15, 0.2) is 18.2 Å². The quantitative estimate of drug-likeness (QED) is 0.922. The number of rotatable bonds is 3. The summed E-state index contributed by atoms with van der Waals surface area (Å²) in [6, 6.07) is 4.98. The number of carbonyl (C=O) groups is 1. The molecule has 1 aromatic carbocycles. The fraction of sp³-hybridized carbons (Fsp3) is 0.462. The molecule has 20 heavy (non-hydrogen) atoms. The van der Waals surface area contributed by atoms with Crippen LogP contribution in [0.3, 0.4) is 0 Å². The Kier molecular flexibility index (Phi) is 4.94. The lowest BCUT2D eigenvalue weighted by atomic mass is 10.0. The summed E-state index contributed by atoms with van der Waals surface area (Å²) in [5.74, 6) is -0.0439. The fourth-order valence-electron chi connectivity index (χ4n) is 2.34. The molecule has 1 unspecified atom stereocenters. The summed E-state index contributed by atoms with van der Waals surface area (Å²) < 4.78 is 23.1. The van der Waals surface area contributed by atoms with Gasteiger partial charge in [0.2, 0.25) is 5.91 Å². The SMILES string of the molecule is O=C(CC1CCCS(=O)(=O)C1)Nc1cccc(Cl)c1Cl. The van der Waals surface area contributed by atoms with Gasteiger partial charge in [-0.05, 0) is 30.9 Å². The van der Waals surface area contributed by atoms with Crippen LogP contribution in [0.2, 0.25) is 10.0 Å². The number of halogens is 2. The van der Waals surface area contributed by atoms with E-state index >= 15 is 0 Å². The standard InChI is InChI=1S/C13H15Cl2NO3S/c14-10-4-1-5-11(13(10)15)16-12(17)7-9-3-2-6-20(18,19)8-9/h1,4-5,9H,2-3,6-8H2,(H,16,17). The van der Waals surface area contributed by atoms with Crippen LogP contribution in [0, 0.1) is 5.92 Å². The molecule has 4 nitrogen and oxygen atoms in total. The normalized spacial score (nSPS) is 21.4. The largest absolute Gasteiger partial charge is 0.325 e. The lowest BCUT2D eigenvalue weighted by Gasteiger charge is -2.21. The first kappa shape index (κ1) is 15.6. The van der Waals surface area contributed by atoms with Gasteiger partial charge in [0.05, 0.1) is 27.2 Å². The highest BCUT2D eigenvalue weighted by atomic mass is 35.5. The molecule has 0 aromatic heterocycles. The van der Waals surface area contributed by atoms with E-state index in [4.69, 9.17) is 23.2 Å². The summed E-state index contributed by atoms with van der Waals surface area (Å²) >= 11 is 11.8. The summed E-state index contributed by atoms with van der Waals surface area (Å²) in [5.41, 5.74) is 0.447. The van der Waals surface area contributed by atoms with Crippen molar-refractivity contribution in [1.82, 2.24) is 0 Å². The molecule has 0 bridgehead atoms. The molecular formula is C13H15Cl2NO3S. The van der Waals surface area contributed by atoms with E-state index in [-0.39, 0.29) is 29.8 Å². The Labute approximate surface area is 128 Å². The number of anilines is 1. The van der Waals surface area contributed by atoms with Gasteiger partial charge in [-0.15, -0.1) is 0 Å². The van der Waals surface area contributed by atoms with Crippen LogP contribution in [0.4, 0.5) is 5.69 Å². The number of carbonyl (C=O) groups excluding carboxylic acids is 1. The predicted molar refractivity (Wildman–Crippen MR) is 81.1 cm³/mol. The van der Waals surface area contributed by atoms with Crippen molar-refractivity contribution in [3.63, 3.8) is 0 Å². The molecule has 1 amide bonds. The Morgan fingerprint density at radius 3 is 2.80 bits per heavy atom. The van der Waals surface area contributed by atoms with Gasteiger partial charge in [-0.2, -0.15) is 0 Å². The molecule has 1 aliphatic heterocycles. The van der Waals surface area contributed by atoms with Crippen molar-refractivity contribution in [3.05, 3.63) is 28.2 Å². The van der Waals surface area contributed by atoms with Gasteiger partial charge in [-0.25, -0.2) is 8.42 Å². The fourth-order valence-corrected chi connectivity index (χ4v) is 4.47. The molecule has 1 aromatic rings. The highest BCUT2D eigenvalue weighted by Gasteiger charge is 2.26. The molecule has 1 heterocycles. The first-order valence-electron chi connectivity index (χ1n) is 6.32. The highest BCUT2D eigenvalue weighted by molar-refractivity contribution is 7.91. The number of sulfone groups is 1. The van der Waals surface area contributed by atoms with E-state index in [0.29, 0.717) is 22.2 Å². The van der Waals surface area contributed by atoms with Crippen LogP contribution in [-0.2, 0) is 14.6 Å². The van der Waals surface area contributed by atoms with E-state index in [1.807, 2.05) is 0 Å². The number of nitrogens with one attached hydrogen (secondary N) is 1. The molecule has 7 heteroatoms. The molecule has 0 spiro atoms. The van der Waals surface area contributed by atoms with Gasteiger partial charge in [0, 0.05) is 6.42 Å². The van der Waals surface area contributed by atoms with E-state index in [2.05, 4.69) is 5.32 Å². The van der Waals surface area contributed by atoms with Gasteiger partial charge in [-0.3, -0.25) is 4.79 Å². The third-order valence-electron chi connectivity index (χ3n) is 3.26. The van der Waals surface area contributed by atoms with Gasteiger partial charge in [0.25, 0.3) is 0 Å². The number of hydrogen-bond acceptors (Lipinski definition) is 3. The smallest absolute Gasteiger partial charge is 0.224 e. The third-order valence-corrected chi connectivity index (χ3v) is 5.97. The van der Waals surface area contributed by atoms with Gasteiger partial charge in [0.15, 0.2) is 9.84 Å². The zero-order chi connectivity index (χ0) is 14.8. The monoisotopic (exact) mass is 335 g/mol. The first-order valence-corrected chi connectivity index (χ1v) is 8.89. The second-order valence-corrected chi connectivity index (χ2v) is 7.99. The molecule has 1 aliphatic rings. The minimum atomic E-state index is -2.99. The van der Waals surface area contributed by atoms with Gasteiger partial charge in [0.1, 0.15) is 0 Å². The van der Waals surface area contributed by atoms with Crippen molar-refractivity contribution in [2.24, 2.45) is 5.92 Å². The summed E-state index contributed by atoms with van der Waals surface area (Å²) in [4.78, 5) is 11.9. The highest BCUT2D eigenvalue weighted by Crippen LogP contribution is 2.30. The number of amides is 1. The molecular weight excluding hydrogens is 321 g/mol. The summed E-state index contributed by atoms with van der Waals surface area (Å²) in [6.07, 6.45) is 1.57. The Morgan fingerprint density at radius 1 is 1.35 bits per heavy atom. The summed E-state index contributed by atoms with van der Waals surface area (Å²) in [5, 5.41) is 3.33. The van der Waals surface area contributed by atoms with Gasteiger partial charge >= 0.3 is 0 Å². The molecule has 0 saturated carbocycles. The number of benzene rings is 1. The average molecular weight is 336 g/mol. The molecule has 0 radical (unpaired) electrons. The number of hydrogen-bond donors (Lipinski definition) is 1. The summed E-state index contributed by atoms with van der Waals surface area (Å²) in [7, 11) is -2.99. The van der Waals surface area contributed by atoms with E-state index in [0.717, 1.165) is 6.42 Å². The topological polar surface area (TPSA) is 63.2 Å². The Bertz CT molecular complexity index is 616. The lowest BCUT2D eigenvalue weighted by Crippen LogP contribution is -2.28. The van der Waals surface area contributed by atoms with Crippen LogP contribution < -0.4 is 5.32 Å². The molecule has 110 valence electrons. The maximum absolute atomic E-state index is 11.9. The van der Waals surface area contributed by atoms with Crippen molar-refractivity contribution in [2.45, 2.75) is 19.3 Å². The minimum Gasteiger partial charge on any atom is -0.325 e. The van der Waals surface area contributed by atoms with Crippen molar-refractivity contribution in [1.29, 1.82) is 0 Å². The second kappa shape index (κ2) is 6.33. The van der Waals surface area contributed by atoms with Crippen LogP contribution in [0.25, 0.3) is 0 Å². The van der Waals surface area contributed by atoms with E-state index in [1.54, 1.807) is 18.2 Å². The minimum absolute atomic E-state index is 0.0870.